The second-order valence-electron chi connectivity index (χ2n) is 5.15. The van der Waals surface area contributed by atoms with Gasteiger partial charge in [-0.3, -0.25) is 4.79 Å². The van der Waals surface area contributed by atoms with Crippen LogP contribution in [0.2, 0.25) is 0 Å². The van der Waals surface area contributed by atoms with Crippen LogP contribution in [0.5, 0.6) is 5.75 Å². The first kappa shape index (κ1) is 17.0. The van der Waals surface area contributed by atoms with Gasteiger partial charge in [0.2, 0.25) is 0 Å². The Balaban J connectivity index is 2.53. The minimum Gasteiger partial charge on any atom is -0.497 e. The Bertz CT molecular complexity index is 658. The highest BCUT2D eigenvalue weighted by Gasteiger charge is 2.28. The molecule has 0 spiro atoms. The lowest BCUT2D eigenvalue weighted by Crippen LogP contribution is -2.31. The second-order valence-corrected chi connectivity index (χ2v) is 5.15. The largest absolute Gasteiger partial charge is 0.497 e. The number of aliphatic hydroxyl groups excluding tert-OH is 1. The molecule has 124 valence electrons. The summed E-state index contributed by atoms with van der Waals surface area (Å²) in [6.45, 7) is 6.51. The zero-order valence-electron chi connectivity index (χ0n) is 13.9. The normalized spacial score (nSPS) is 12.0. The van der Waals surface area contributed by atoms with Crippen LogP contribution in [-0.4, -0.2) is 41.3 Å². The molecule has 23 heavy (non-hydrogen) atoms. The predicted molar refractivity (Wildman–Crippen MR) is 86.4 cm³/mol. The van der Waals surface area contributed by atoms with Gasteiger partial charge in [-0.2, -0.15) is 0 Å². The molecular formula is C17H22N2O4. The Morgan fingerprint density at radius 1 is 1.30 bits per heavy atom. The summed E-state index contributed by atoms with van der Waals surface area (Å²) in [7, 11) is 1.59. The van der Waals surface area contributed by atoms with E-state index in [1.54, 1.807) is 31.1 Å². The van der Waals surface area contributed by atoms with Crippen molar-refractivity contribution in [2.24, 2.45) is 0 Å². The van der Waals surface area contributed by atoms with Crippen molar-refractivity contribution in [3.8, 4) is 17.0 Å². The fourth-order valence-electron chi connectivity index (χ4n) is 2.41. The quantitative estimate of drug-likeness (QED) is 0.886. The number of rotatable bonds is 6. The van der Waals surface area contributed by atoms with Crippen LogP contribution in [-0.2, 0) is 0 Å². The first-order chi connectivity index (χ1) is 11.0. The second kappa shape index (κ2) is 7.28. The molecule has 0 saturated carbocycles. The van der Waals surface area contributed by atoms with Crippen molar-refractivity contribution in [3.63, 3.8) is 0 Å². The Morgan fingerprint density at radius 3 is 2.39 bits per heavy atom. The zero-order valence-corrected chi connectivity index (χ0v) is 13.9. The van der Waals surface area contributed by atoms with Crippen LogP contribution in [0.25, 0.3) is 11.3 Å². The molecule has 0 bridgehead atoms. The number of carbonyl (C=O) groups is 1. The number of benzene rings is 1. The van der Waals surface area contributed by atoms with E-state index in [0.29, 0.717) is 30.1 Å². The van der Waals surface area contributed by atoms with Gasteiger partial charge in [-0.15, -0.1) is 0 Å². The van der Waals surface area contributed by atoms with Crippen LogP contribution < -0.4 is 4.74 Å². The maximum Gasteiger partial charge on any atom is 0.259 e. The molecule has 0 saturated heterocycles. The Kier molecular flexibility index (Phi) is 5.39. The molecule has 1 amide bonds. The number of carbonyl (C=O) groups excluding carboxylic acids is 1. The van der Waals surface area contributed by atoms with Crippen LogP contribution in [0, 0.1) is 0 Å². The van der Waals surface area contributed by atoms with E-state index in [1.807, 2.05) is 26.0 Å². The van der Waals surface area contributed by atoms with Gasteiger partial charge in [-0.1, -0.05) is 5.16 Å². The fraction of sp³-hybridized carbons (Fsp3) is 0.412. The van der Waals surface area contributed by atoms with Crippen molar-refractivity contribution in [1.29, 1.82) is 0 Å². The van der Waals surface area contributed by atoms with Crippen molar-refractivity contribution in [1.82, 2.24) is 10.1 Å². The molecule has 1 atom stereocenters. The summed E-state index contributed by atoms with van der Waals surface area (Å²) in [5.74, 6) is 0.704. The molecule has 1 unspecified atom stereocenters. The molecular weight excluding hydrogens is 296 g/mol. The van der Waals surface area contributed by atoms with Crippen LogP contribution in [0.4, 0.5) is 0 Å². The van der Waals surface area contributed by atoms with Crippen molar-refractivity contribution in [3.05, 3.63) is 35.6 Å². The van der Waals surface area contributed by atoms with E-state index >= 15 is 0 Å². The molecule has 1 N–H and O–H groups in total. The summed E-state index contributed by atoms with van der Waals surface area (Å²) in [5, 5.41) is 13.9. The molecule has 0 fully saturated rings. The van der Waals surface area contributed by atoms with Gasteiger partial charge in [0.15, 0.2) is 5.76 Å². The van der Waals surface area contributed by atoms with Crippen molar-refractivity contribution in [2.75, 3.05) is 20.2 Å². The molecule has 2 rings (SSSR count). The number of amides is 1. The van der Waals surface area contributed by atoms with E-state index in [0.717, 1.165) is 5.56 Å². The van der Waals surface area contributed by atoms with Crippen LogP contribution in [0.3, 0.4) is 0 Å². The first-order valence-electron chi connectivity index (χ1n) is 7.64. The number of hydrogen-bond acceptors (Lipinski definition) is 5. The standard InChI is InChI=1S/C17H22N2O4/c1-5-19(6-2)17(21)14-15(18-23-16(14)11(3)20)12-7-9-13(22-4)10-8-12/h7-11,20H,5-6H2,1-4H3. The van der Waals surface area contributed by atoms with E-state index < -0.39 is 6.10 Å². The third-order valence-electron chi connectivity index (χ3n) is 3.73. The van der Waals surface area contributed by atoms with Gasteiger partial charge in [-0.05, 0) is 45.0 Å². The summed E-state index contributed by atoms with van der Waals surface area (Å²) < 4.78 is 10.4. The smallest absolute Gasteiger partial charge is 0.259 e. The van der Waals surface area contributed by atoms with Crippen molar-refractivity contribution < 1.29 is 19.2 Å². The monoisotopic (exact) mass is 318 g/mol. The lowest BCUT2D eigenvalue weighted by Gasteiger charge is -2.19. The molecule has 1 aromatic carbocycles. The summed E-state index contributed by atoms with van der Waals surface area (Å²) in [4.78, 5) is 14.5. The van der Waals surface area contributed by atoms with E-state index in [1.165, 1.54) is 0 Å². The summed E-state index contributed by atoms with van der Waals surface area (Å²) in [6.07, 6.45) is -0.913. The molecule has 0 aliphatic carbocycles. The Hall–Kier alpha value is -2.34. The van der Waals surface area contributed by atoms with Crippen LogP contribution in [0.1, 0.15) is 43.0 Å². The van der Waals surface area contributed by atoms with Crippen molar-refractivity contribution in [2.45, 2.75) is 26.9 Å². The fourth-order valence-corrected chi connectivity index (χ4v) is 2.41. The van der Waals surface area contributed by atoms with E-state index in [4.69, 9.17) is 9.26 Å². The summed E-state index contributed by atoms with van der Waals surface area (Å²) >= 11 is 0. The summed E-state index contributed by atoms with van der Waals surface area (Å²) in [5.41, 5.74) is 1.48. The van der Waals surface area contributed by atoms with Gasteiger partial charge in [0.25, 0.3) is 5.91 Å². The highest BCUT2D eigenvalue weighted by atomic mass is 16.5. The number of methoxy groups -OCH3 is 1. The van der Waals surface area contributed by atoms with Gasteiger partial charge in [0.1, 0.15) is 23.1 Å². The van der Waals surface area contributed by atoms with Gasteiger partial charge in [-0.25, -0.2) is 0 Å². The predicted octanol–water partition coefficient (Wildman–Crippen LogP) is 2.89. The maximum atomic E-state index is 12.8. The third kappa shape index (κ3) is 3.37. The molecule has 6 heteroatoms. The van der Waals surface area contributed by atoms with Gasteiger partial charge in [0, 0.05) is 18.7 Å². The van der Waals surface area contributed by atoms with Crippen molar-refractivity contribution >= 4 is 5.91 Å². The highest BCUT2D eigenvalue weighted by Crippen LogP contribution is 2.31. The maximum absolute atomic E-state index is 12.8. The highest BCUT2D eigenvalue weighted by molar-refractivity contribution is 6.01. The molecule has 2 aromatic rings. The molecule has 0 aliphatic rings. The summed E-state index contributed by atoms with van der Waals surface area (Å²) in [6, 6.07) is 7.19. The number of nitrogens with zero attached hydrogens (tertiary/aromatic N) is 2. The first-order valence-corrected chi connectivity index (χ1v) is 7.64. The lowest BCUT2D eigenvalue weighted by atomic mass is 10.0. The lowest BCUT2D eigenvalue weighted by molar-refractivity contribution is 0.0761. The van der Waals surface area contributed by atoms with E-state index in [9.17, 15) is 9.90 Å². The average molecular weight is 318 g/mol. The van der Waals surface area contributed by atoms with Gasteiger partial charge < -0.3 is 19.3 Å². The van der Waals surface area contributed by atoms with Gasteiger partial charge in [0.05, 0.1) is 7.11 Å². The molecule has 0 radical (unpaired) electrons. The van der Waals surface area contributed by atoms with E-state index in [-0.39, 0.29) is 11.7 Å². The van der Waals surface area contributed by atoms with Crippen LogP contribution in [0.15, 0.2) is 28.8 Å². The Morgan fingerprint density at radius 2 is 1.91 bits per heavy atom. The Labute approximate surface area is 135 Å². The third-order valence-corrected chi connectivity index (χ3v) is 3.73. The zero-order chi connectivity index (χ0) is 17.0. The number of ether oxygens (including phenoxy) is 1. The molecule has 1 aromatic heterocycles. The van der Waals surface area contributed by atoms with E-state index in [2.05, 4.69) is 5.16 Å². The van der Waals surface area contributed by atoms with Crippen LogP contribution >= 0.6 is 0 Å². The molecule has 6 nitrogen and oxygen atoms in total. The van der Waals surface area contributed by atoms with Gasteiger partial charge >= 0.3 is 0 Å². The minimum atomic E-state index is -0.913. The number of hydrogen-bond donors (Lipinski definition) is 1. The molecule has 0 aliphatic heterocycles. The number of aromatic nitrogens is 1. The minimum absolute atomic E-state index is 0.188. The average Bonchev–Trinajstić information content (AvgIpc) is 3.01. The number of aliphatic hydroxyl groups is 1. The SMILES string of the molecule is CCN(CC)C(=O)c1c(-c2ccc(OC)cc2)noc1C(C)O. The topological polar surface area (TPSA) is 75.8 Å². The molecule has 1 heterocycles.